The maximum absolute atomic E-state index is 13.1. The van der Waals surface area contributed by atoms with Gasteiger partial charge in [0, 0.05) is 13.0 Å². The predicted molar refractivity (Wildman–Crippen MR) is 86.7 cm³/mol. The van der Waals surface area contributed by atoms with Gasteiger partial charge in [0.15, 0.2) is 0 Å². The molecule has 6 heteroatoms. The van der Waals surface area contributed by atoms with Crippen LogP contribution in [0.1, 0.15) is 45.4 Å². The first-order valence-electron chi connectivity index (χ1n) is 8.40. The highest BCUT2D eigenvalue weighted by Crippen LogP contribution is 2.31. The Bertz CT molecular complexity index is 653. The van der Waals surface area contributed by atoms with Crippen molar-refractivity contribution in [3.05, 3.63) is 30.1 Å². The fourth-order valence-electron chi connectivity index (χ4n) is 3.78. The summed E-state index contributed by atoms with van der Waals surface area (Å²) in [6, 6.07) is 4.52. The molecule has 1 saturated heterocycles. The average Bonchev–Trinajstić information content (AvgIpc) is 2.84. The molecule has 128 valence electrons. The molecule has 24 heavy (non-hydrogen) atoms. The molecule has 0 radical (unpaired) electrons. The molecule has 1 aromatic carbocycles. The van der Waals surface area contributed by atoms with Gasteiger partial charge < -0.3 is 4.90 Å². The predicted octanol–water partition coefficient (Wildman–Crippen LogP) is 2.64. The number of amides is 3. The third-order valence-electron chi connectivity index (χ3n) is 4.88. The zero-order chi connectivity index (χ0) is 17.3. The summed E-state index contributed by atoms with van der Waals surface area (Å²) in [7, 11) is 0. The SMILES string of the molecule is CC(=O)N(C1CCCCC1)C1CC(=O)N(c2ccc(F)cc2)C1=O. The normalized spacial score (nSPS) is 22.1. The van der Waals surface area contributed by atoms with Crippen molar-refractivity contribution in [1.82, 2.24) is 4.90 Å². The lowest BCUT2D eigenvalue weighted by atomic mass is 9.92. The molecule has 0 bridgehead atoms. The van der Waals surface area contributed by atoms with E-state index < -0.39 is 17.8 Å². The van der Waals surface area contributed by atoms with Gasteiger partial charge in [-0.3, -0.25) is 14.4 Å². The van der Waals surface area contributed by atoms with E-state index in [1.165, 1.54) is 31.2 Å². The molecule has 3 rings (SSSR count). The molecule has 2 aliphatic rings. The van der Waals surface area contributed by atoms with Crippen LogP contribution in [0.2, 0.25) is 0 Å². The Morgan fingerprint density at radius 2 is 1.75 bits per heavy atom. The standard InChI is InChI=1S/C18H21FN2O3/c1-12(22)20(14-5-3-2-4-6-14)16-11-17(23)21(18(16)24)15-9-7-13(19)8-10-15/h7-10,14,16H,2-6,11H2,1H3. The zero-order valence-electron chi connectivity index (χ0n) is 13.7. The molecule has 0 spiro atoms. The van der Waals surface area contributed by atoms with Crippen molar-refractivity contribution in [3.63, 3.8) is 0 Å². The van der Waals surface area contributed by atoms with Gasteiger partial charge in [-0.15, -0.1) is 0 Å². The smallest absolute Gasteiger partial charge is 0.257 e. The minimum atomic E-state index is -0.747. The van der Waals surface area contributed by atoms with Gasteiger partial charge in [-0.25, -0.2) is 9.29 Å². The molecular formula is C18H21FN2O3. The Balaban J connectivity index is 1.85. The highest BCUT2D eigenvalue weighted by Gasteiger charge is 2.45. The lowest BCUT2D eigenvalue weighted by Crippen LogP contribution is -2.50. The van der Waals surface area contributed by atoms with Gasteiger partial charge in [-0.2, -0.15) is 0 Å². The van der Waals surface area contributed by atoms with Crippen molar-refractivity contribution in [3.8, 4) is 0 Å². The van der Waals surface area contributed by atoms with E-state index in [0.717, 1.165) is 37.0 Å². The molecule has 1 aliphatic carbocycles. The molecule has 1 aromatic rings. The van der Waals surface area contributed by atoms with Gasteiger partial charge in [0.25, 0.3) is 5.91 Å². The maximum atomic E-state index is 13.1. The summed E-state index contributed by atoms with van der Waals surface area (Å²) in [6.07, 6.45) is 4.94. The van der Waals surface area contributed by atoms with Crippen LogP contribution in [0.25, 0.3) is 0 Å². The average molecular weight is 332 g/mol. The first-order chi connectivity index (χ1) is 11.5. The van der Waals surface area contributed by atoms with Crippen molar-refractivity contribution < 1.29 is 18.8 Å². The van der Waals surface area contributed by atoms with Crippen molar-refractivity contribution >= 4 is 23.4 Å². The molecule has 3 amide bonds. The van der Waals surface area contributed by atoms with Crippen LogP contribution >= 0.6 is 0 Å². The van der Waals surface area contributed by atoms with Crippen LogP contribution in [0.5, 0.6) is 0 Å². The summed E-state index contributed by atoms with van der Waals surface area (Å²) in [5.41, 5.74) is 0.348. The van der Waals surface area contributed by atoms with Crippen LogP contribution < -0.4 is 4.90 Å². The Morgan fingerprint density at radius 1 is 1.12 bits per heavy atom. The lowest BCUT2D eigenvalue weighted by molar-refractivity contribution is -0.140. The summed E-state index contributed by atoms with van der Waals surface area (Å²) in [5.74, 6) is -1.35. The molecule has 1 saturated carbocycles. The molecular weight excluding hydrogens is 311 g/mol. The summed E-state index contributed by atoms with van der Waals surface area (Å²) in [6.45, 7) is 1.45. The van der Waals surface area contributed by atoms with Gasteiger partial charge in [0.1, 0.15) is 11.9 Å². The second-order valence-electron chi connectivity index (χ2n) is 6.48. The van der Waals surface area contributed by atoms with Gasteiger partial charge in [-0.1, -0.05) is 19.3 Å². The quantitative estimate of drug-likeness (QED) is 0.800. The van der Waals surface area contributed by atoms with Crippen molar-refractivity contribution in [1.29, 1.82) is 0 Å². The van der Waals surface area contributed by atoms with E-state index >= 15 is 0 Å². The van der Waals surface area contributed by atoms with Crippen LogP contribution in [0, 0.1) is 5.82 Å². The molecule has 1 atom stereocenters. The molecule has 2 fully saturated rings. The fourth-order valence-corrected chi connectivity index (χ4v) is 3.78. The Labute approximate surface area is 140 Å². The molecule has 1 aliphatic heterocycles. The van der Waals surface area contributed by atoms with E-state index in [4.69, 9.17) is 0 Å². The van der Waals surface area contributed by atoms with E-state index in [9.17, 15) is 18.8 Å². The van der Waals surface area contributed by atoms with Crippen LogP contribution in [0.15, 0.2) is 24.3 Å². The maximum Gasteiger partial charge on any atom is 0.257 e. The van der Waals surface area contributed by atoms with E-state index in [-0.39, 0.29) is 24.3 Å². The second kappa shape index (κ2) is 6.71. The van der Waals surface area contributed by atoms with Crippen LogP contribution in [-0.2, 0) is 14.4 Å². The molecule has 5 nitrogen and oxygen atoms in total. The van der Waals surface area contributed by atoms with Gasteiger partial charge in [0.2, 0.25) is 11.8 Å². The third-order valence-corrected chi connectivity index (χ3v) is 4.88. The van der Waals surface area contributed by atoms with Crippen LogP contribution in [0.4, 0.5) is 10.1 Å². The number of rotatable bonds is 3. The highest BCUT2D eigenvalue weighted by atomic mass is 19.1. The van der Waals surface area contributed by atoms with Gasteiger partial charge >= 0.3 is 0 Å². The number of benzene rings is 1. The number of hydrogen-bond acceptors (Lipinski definition) is 3. The summed E-state index contributed by atoms with van der Waals surface area (Å²) in [5, 5.41) is 0. The van der Waals surface area contributed by atoms with E-state index in [2.05, 4.69) is 0 Å². The van der Waals surface area contributed by atoms with Crippen LogP contribution in [-0.4, -0.2) is 34.7 Å². The molecule has 1 heterocycles. The number of carbonyl (C=O) groups excluding carboxylic acids is 3. The van der Waals surface area contributed by atoms with Crippen LogP contribution in [0.3, 0.4) is 0 Å². The first-order valence-corrected chi connectivity index (χ1v) is 8.40. The minimum absolute atomic E-state index is 0.00765. The van der Waals surface area contributed by atoms with Crippen molar-refractivity contribution in [2.24, 2.45) is 0 Å². The summed E-state index contributed by atoms with van der Waals surface area (Å²) in [4.78, 5) is 40.0. The molecule has 0 aromatic heterocycles. The zero-order valence-corrected chi connectivity index (χ0v) is 13.7. The Kier molecular flexibility index (Phi) is 4.64. The Morgan fingerprint density at radius 3 is 2.33 bits per heavy atom. The number of anilines is 1. The van der Waals surface area contributed by atoms with Gasteiger partial charge in [0.05, 0.1) is 12.1 Å². The lowest BCUT2D eigenvalue weighted by Gasteiger charge is -2.36. The third kappa shape index (κ3) is 3.05. The molecule has 1 unspecified atom stereocenters. The topological polar surface area (TPSA) is 57.7 Å². The Hall–Kier alpha value is -2.24. The highest BCUT2D eigenvalue weighted by molar-refractivity contribution is 6.23. The first kappa shape index (κ1) is 16.6. The number of imide groups is 1. The molecule has 0 N–H and O–H groups in total. The largest absolute Gasteiger partial charge is 0.327 e. The van der Waals surface area contributed by atoms with E-state index in [0.29, 0.717) is 5.69 Å². The summed E-state index contributed by atoms with van der Waals surface area (Å²) >= 11 is 0. The summed E-state index contributed by atoms with van der Waals surface area (Å²) < 4.78 is 13.1. The second-order valence-corrected chi connectivity index (χ2v) is 6.48. The fraction of sp³-hybridized carbons (Fsp3) is 0.500. The monoisotopic (exact) mass is 332 g/mol. The number of hydrogen-bond donors (Lipinski definition) is 0. The number of halogens is 1. The van der Waals surface area contributed by atoms with E-state index in [1.807, 2.05) is 0 Å². The number of carbonyl (C=O) groups is 3. The number of nitrogens with zero attached hydrogens (tertiary/aromatic N) is 2. The minimum Gasteiger partial charge on any atom is -0.327 e. The van der Waals surface area contributed by atoms with Crippen molar-refractivity contribution in [2.45, 2.75) is 57.5 Å². The van der Waals surface area contributed by atoms with Gasteiger partial charge in [-0.05, 0) is 37.1 Å². The van der Waals surface area contributed by atoms with E-state index in [1.54, 1.807) is 4.90 Å². The van der Waals surface area contributed by atoms with Crippen molar-refractivity contribution in [2.75, 3.05) is 4.90 Å².